The monoisotopic (exact) mass is 384 g/mol. The van der Waals surface area contributed by atoms with Gasteiger partial charge in [-0.25, -0.2) is 4.68 Å². The predicted molar refractivity (Wildman–Crippen MR) is 109 cm³/mol. The number of amides is 1. The molecule has 0 aliphatic heterocycles. The third kappa shape index (κ3) is 4.08. The Hall–Kier alpha value is -2.53. The second kappa shape index (κ2) is 8.44. The molecule has 0 radical (unpaired) electrons. The number of rotatable bonds is 7. The van der Waals surface area contributed by atoms with Crippen molar-refractivity contribution in [2.24, 2.45) is 7.05 Å². The summed E-state index contributed by atoms with van der Waals surface area (Å²) in [7, 11) is 1.97. The van der Waals surface area contributed by atoms with E-state index in [-0.39, 0.29) is 5.91 Å². The first-order valence-electron chi connectivity index (χ1n) is 9.32. The Morgan fingerprint density at radius 2 is 1.85 bits per heavy atom. The van der Waals surface area contributed by atoms with Gasteiger partial charge in [0.25, 0.3) is 5.91 Å². The van der Waals surface area contributed by atoms with E-state index >= 15 is 0 Å². The Morgan fingerprint density at radius 1 is 1.11 bits per heavy atom. The van der Waals surface area contributed by atoms with Crippen LogP contribution in [-0.2, 0) is 7.05 Å². The molecule has 2 aromatic heterocycles. The number of carbonyl (C=O) groups excluding carboxylic acids is 1. The van der Waals surface area contributed by atoms with Gasteiger partial charge in [0.2, 0.25) is 0 Å². The number of benzene rings is 1. The molecule has 27 heavy (non-hydrogen) atoms. The summed E-state index contributed by atoms with van der Waals surface area (Å²) in [4.78, 5) is 15.2. The number of hydrogen-bond acceptors (Lipinski definition) is 2. The molecule has 0 saturated heterocycles. The Labute approximate surface area is 165 Å². The largest absolute Gasteiger partial charge is 0.349 e. The standard InChI is InChI=1S/C21H25ClN4O/c1-4-11-25(12-5-2)21(27)20-15-18(19-10-7-13-24(19)3)23-26(20)17-9-6-8-16(22)14-17/h6-10,13-15H,4-5,11-12H2,1-3H3. The van der Waals surface area contributed by atoms with Crippen LogP contribution in [0.3, 0.4) is 0 Å². The van der Waals surface area contributed by atoms with Gasteiger partial charge in [-0.3, -0.25) is 4.79 Å². The van der Waals surface area contributed by atoms with Crippen molar-refractivity contribution in [1.82, 2.24) is 19.2 Å². The third-order valence-corrected chi connectivity index (χ3v) is 4.70. The minimum absolute atomic E-state index is 0.00775. The lowest BCUT2D eigenvalue weighted by molar-refractivity contribution is 0.0746. The molecule has 0 unspecified atom stereocenters. The molecule has 0 aliphatic carbocycles. The molecular formula is C21H25ClN4O. The number of halogens is 1. The zero-order valence-electron chi connectivity index (χ0n) is 16.0. The van der Waals surface area contributed by atoms with Crippen LogP contribution in [0.4, 0.5) is 0 Å². The third-order valence-electron chi connectivity index (χ3n) is 4.46. The van der Waals surface area contributed by atoms with E-state index in [9.17, 15) is 4.79 Å². The number of nitrogens with zero attached hydrogens (tertiary/aromatic N) is 4. The highest BCUT2D eigenvalue weighted by Crippen LogP contribution is 2.24. The lowest BCUT2D eigenvalue weighted by atomic mass is 10.2. The van der Waals surface area contributed by atoms with Gasteiger partial charge in [0.15, 0.2) is 0 Å². The smallest absolute Gasteiger partial charge is 0.272 e. The van der Waals surface area contributed by atoms with Crippen molar-refractivity contribution in [1.29, 1.82) is 0 Å². The second-order valence-electron chi connectivity index (χ2n) is 6.60. The van der Waals surface area contributed by atoms with Crippen molar-refractivity contribution in [2.45, 2.75) is 26.7 Å². The summed E-state index contributed by atoms with van der Waals surface area (Å²) in [5, 5.41) is 5.35. The molecule has 0 atom stereocenters. The fourth-order valence-electron chi connectivity index (χ4n) is 3.21. The highest BCUT2D eigenvalue weighted by atomic mass is 35.5. The van der Waals surface area contributed by atoms with E-state index in [2.05, 4.69) is 13.8 Å². The molecule has 0 fully saturated rings. The SMILES string of the molecule is CCCN(CCC)C(=O)c1cc(-c2cccn2C)nn1-c1cccc(Cl)c1. The fraction of sp³-hybridized carbons (Fsp3) is 0.333. The summed E-state index contributed by atoms with van der Waals surface area (Å²) < 4.78 is 3.70. The first-order valence-corrected chi connectivity index (χ1v) is 9.70. The van der Waals surface area contributed by atoms with E-state index in [0.717, 1.165) is 43.0 Å². The van der Waals surface area contributed by atoms with E-state index in [1.54, 1.807) is 4.68 Å². The van der Waals surface area contributed by atoms with E-state index < -0.39 is 0 Å². The molecule has 0 bridgehead atoms. The highest BCUT2D eigenvalue weighted by Gasteiger charge is 2.22. The van der Waals surface area contributed by atoms with Gasteiger partial charge in [0, 0.05) is 31.4 Å². The van der Waals surface area contributed by atoms with E-state index in [0.29, 0.717) is 10.7 Å². The van der Waals surface area contributed by atoms with Crippen molar-refractivity contribution in [3.05, 3.63) is 59.4 Å². The molecule has 142 valence electrons. The average Bonchev–Trinajstić information content (AvgIpc) is 3.27. The number of aryl methyl sites for hydroxylation is 1. The maximum absolute atomic E-state index is 13.3. The van der Waals surface area contributed by atoms with E-state index in [4.69, 9.17) is 16.7 Å². The molecule has 0 spiro atoms. The first kappa shape index (κ1) is 19.2. The van der Waals surface area contributed by atoms with Crippen molar-refractivity contribution in [3.8, 4) is 17.1 Å². The molecule has 2 heterocycles. The molecule has 0 saturated carbocycles. The summed E-state index contributed by atoms with van der Waals surface area (Å²) in [5.74, 6) is -0.00775. The Morgan fingerprint density at radius 3 is 2.44 bits per heavy atom. The number of aromatic nitrogens is 3. The normalized spacial score (nSPS) is 11.0. The zero-order chi connectivity index (χ0) is 19.4. The summed E-state index contributed by atoms with van der Waals surface area (Å²) in [5.41, 5.74) is 3.05. The summed E-state index contributed by atoms with van der Waals surface area (Å²) >= 11 is 6.18. The Balaban J connectivity index is 2.11. The van der Waals surface area contributed by atoms with Crippen LogP contribution in [-0.4, -0.2) is 38.2 Å². The number of hydrogen-bond donors (Lipinski definition) is 0. The van der Waals surface area contributed by atoms with Crippen molar-refractivity contribution < 1.29 is 4.79 Å². The van der Waals surface area contributed by atoms with Gasteiger partial charge >= 0.3 is 0 Å². The number of carbonyl (C=O) groups is 1. The molecule has 3 rings (SSSR count). The lowest BCUT2D eigenvalue weighted by Crippen LogP contribution is -2.33. The second-order valence-corrected chi connectivity index (χ2v) is 7.04. The Kier molecular flexibility index (Phi) is 6.01. The predicted octanol–water partition coefficient (Wildman–Crippen LogP) is 4.79. The maximum atomic E-state index is 13.3. The van der Waals surface area contributed by atoms with Crippen LogP contribution >= 0.6 is 11.6 Å². The van der Waals surface area contributed by atoms with E-state index in [1.807, 2.05) is 65.2 Å². The van der Waals surface area contributed by atoms with Gasteiger partial charge in [0.1, 0.15) is 11.4 Å². The van der Waals surface area contributed by atoms with Crippen molar-refractivity contribution in [3.63, 3.8) is 0 Å². The average molecular weight is 385 g/mol. The van der Waals surface area contributed by atoms with Crippen LogP contribution in [0.1, 0.15) is 37.2 Å². The van der Waals surface area contributed by atoms with Crippen LogP contribution in [0.5, 0.6) is 0 Å². The zero-order valence-corrected chi connectivity index (χ0v) is 16.8. The minimum atomic E-state index is -0.00775. The van der Waals surface area contributed by atoms with Gasteiger partial charge in [-0.1, -0.05) is 31.5 Å². The molecule has 1 aromatic carbocycles. The molecule has 6 heteroatoms. The molecule has 1 amide bonds. The fourth-order valence-corrected chi connectivity index (χ4v) is 3.39. The molecular weight excluding hydrogens is 360 g/mol. The van der Waals surface area contributed by atoms with Gasteiger partial charge in [-0.2, -0.15) is 5.10 Å². The van der Waals surface area contributed by atoms with E-state index in [1.165, 1.54) is 0 Å². The molecule has 0 aliphatic rings. The maximum Gasteiger partial charge on any atom is 0.272 e. The summed E-state index contributed by atoms with van der Waals surface area (Å²) in [6.45, 7) is 5.62. The van der Waals surface area contributed by atoms with Crippen molar-refractivity contribution in [2.75, 3.05) is 13.1 Å². The quantitative estimate of drug-likeness (QED) is 0.587. The lowest BCUT2D eigenvalue weighted by Gasteiger charge is -2.21. The molecule has 5 nitrogen and oxygen atoms in total. The van der Waals surface area contributed by atoms with Crippen molar-refractivity contribution >= 4 is 17.5 Å². The highest BCUT2D eigenvalue weighted by molar-refractivity contribution is 6.30. The summed E-state index contributed by atoms with van der Waals surface area (Å²) in [6, 6.07) is 13.3. The topological polar surface area (TPSA) is 43.1 Å². The van der Waals surface area contributed by atoms with Gasteiger partial charge in [-0.05, 0) is 49.2 Å². The van der Waals surface area contributed by atoms with Crippen LogP contribution in [0.2, 0.25) is 5.02 Å². The molecule has 3 aromatic rings. The van der Waals surface area contributed by atoms with Gasteiger partial charge < -0.3 is 9.47 Å². The summed E-state index contributed by atoms with van der Waals surface area (Å²) in [6.07, 6.45) is 3.80. The van der Waals surface area contributed by atoms with Gasteiger partial charge in [0.05, 0.1) is 11.4 Å². The van der Waals surface area contributed by atoms with Crippen LogP contribution in [0.15, 0.2) is 48.7 Å². The first-order chi connectivity index (χ1) is 13.0. The van der Waals surface area contributed by atoms with Crippen LogP contribution in [0, 0.1) is 0 Å². The minimum Gasteiger partial charge on any atom is -0.349 e. The van der Waals surface area contributed by atoms with Crippen LogP contribution < -0.4 is 0 Å². The van der Waals surface area contributed by atoms with Gasteiger partial charge in [-0.15, -0.1) is 0 Å². The molecule has 0 N–H and O–H groups in total. The Bertz CT molecular complexity index is 922. The van der Waals surface area contributed by atoms with Crippen LogP contribution in [0.25, 0.3) is 17.1 Å².